The van der Waals surface area contributed by atoms with E-state index in [9.17, 15) is 9.59 Å². The van der Waals surface area contributed by atoms with Crippen LogP contribution in [-0.2, 0) is 11.3 Å². The van der Waals surface area contributed by atoms with Gasteiger partial charge in [-0.25, -0.2) is 0 Å². The Morgan fingerprint density at radius 1 is 1.39 bits per heavy atom. The molecule has 0 saturated carbocycles. The summed E-state index contributed by atoms with van der Waals surface area (Å²) in [5.74, 6) is -0.852. The molecule has 92 valence electrons. The van der Waals surface area contributed by atoms with E-state index < -0.39 is 5.97 Å². The summed E-state index contributed by atoms with van der Waals surface area (Å²) in [4.78, 5) is 21.1. The molecule has 0 atom stereocenters. The Kier molecular flexibility index (Phi) is 3.52. The third-order valence-electron chi connectivity index (χ3n) is 2.54. The van der Waals surface area contributed by atoms with E-state index in [-0.39, 0.29) is 6.42 Å². The summed E-state index contributed by atoms with van der Waals surface area (Å²) in [6, 6.07) is 7.18. The molecule has 2 rings (SSSR count). The minimum atomic E-state index is -0.852. The second kappa shape index (κ2) is 5.27. The third-order valence-corrected chi connectivity index (χ3v) is 2.54. The van der Waals surface area contributed by atoms with Crippen molar-refractivity contribution < 1.29 is 14.7 Å². The first-order valence-corrected chi connectivity index (χ1v) is 5.49. The number of benzene rings is 1. The molecule has 0 radical (unpaired) electrons. The molecule has 0 saturated heterocycles. The maximum absolute atomic E-state index is 10.7. The predicted molar refractivity (Wildman–Crippen MR) is 65.3 cm³/mol. The Labute approximate surface area is 104 Å². The molecule has 0 aliphatic heterocycles. The molecule has 1 heterocycles. The second-order valence-electron chi connectivity index (χ2n) is 3.88. The fraction of sp³-hybridized carbons (Fsp3) is 0.154. The van der Waals surface area contributed by atoms with Crippen LogP contribution in [0.5, 0.6) is 0 Å². The number of hydrogen-bond donors (Lipinski definition) is 1. The molecule has 0 amide bonds. The second-order valence-corrected chi connectivity index (χ2v) is 3.88. The van der Waals surface area contributed by atoms with Gasteiger partial charge in [-0.05, 0) is 11.6 Å². The number of hydrogen-bond acceptors (Lipinski definition) is 3. The van der Waals surface area contributed by atoms with E-state index in [0.717, 1.165) is 17.4 Å². The van der Waals surface area contributed by atoms with Crippen LogP contribution in [0.1, 0.15) is 16.8 Å². The first-order valence-electron chi connectivity index (χ1n) is 5.49. The van der Waals surface area contributed by atoms with E-state index in [1.165, 1.54) is 0 Å². The van der Waals surface area contributed by atoms with Gasteiger partial charge in [0.15, 0.2) is 0 Å². The summed E-state index contributed by atoms with van der Waals surface area (Å²) >= 11 is 0. The van der Waals surface area contributed by atoms with Crippen molar-refractivity contribution in [1.82, 2.24) is 9.78 Å². The van der Waals surface area contributed by atoms with Crippen molar-refractivity contribution in [2.75, 3.05) is 0 Å². The summed E-state index contributed by atoms with van der Waals surface area (Å²) in [6.45, 7) is 0.336. The SMILES string of the molecule is O=Cc1cccc(-c2cnn(CCC(=O)O)c2)c1. The highest BCUT2D eigenvalue weighted by Crippen LogP contribution is 2.19. The fourth-order valence-electron chi connectivity index (χ4n) is 1.64. The third kappa shape index (κ3) is 2.82. The molecule has 0 unspecified atom stereocenters. The van der Waals surface area contributed by atoms with Gasteiger partial charge in [0, 0.05) is 17.3 Å². The van der Waals surface area contributed by atoms with Crippen LogP contribution < -0.4 is 0 Å². The topological polar surface area (TPSA) is 72.2 Å². The summed E-state index contributed by atoms with van der Waals surface area (Å²) < 4.78 is 1.58. The molecule has 18 heavy (non-hydrogen) atoms. The van der Waals surface area contributed by atoms with Crippen LogP contribution in [0, 0.1) is 0 Å². The van der Waals surface area contributed by atoms with Gasteiger partial charge >= 0.3 is 5.97 Å². The summed E-state index contributed by atoms with van der Waals surface area (Å²) in [5, 5.41) is 12.7. The van der Waals surface area contributed by atoms with E-state index in [0.29, 0.717) is 12.1 Å². The van der Waals surface area contributed by atoms with E-state index in [2.05, 4.69) is 5.10 Å². The van der Waals surface area contributed by atoms with Crippen molar-refractivity contribution in [3.8, 4) is 11.1 Å². The van der Waals surface area contributed by atoms with Crippen molar-refractivity contribution in [2.45, 2.75) is 13.0 Å². The number of rotatable bonds is 5. The highest BCUT2D eigenvalue weighted by Gasteiger charge is 2.04. The molecular weight excluding hydrogens is 232 g/mol. The highest BCUT2D eigenvalue weighted by molar-refractivity contribution is 5.78. The Hall–Kier alpha value is -2.43. The minimum Gasteiger partial charge on any atom is -0.481 e. The first kappa shape index (κ1) is 12.0. The lowest BCUT2D eigenvalue weighted by molar-refractivity contribution is -0.137. The van der Waals surface area contributed by atoms with Crippen LogP contribution in [0.25, 0.3) is 11.1 Å². The van der Waals surface area contributed by atoms with Gasteiger partial charge in [0.2, 0.25) is 0 Å². The minimum absolute atomic E-state index is 0.0372. The largest absolute Gasteiger partial charge is 0.481 e. The van der Waals surface area contributed by atoms with Crippen LogP contribution in [0.15, 0.2) is 36.7 Å². The molecule has 0 bridgehead atoms. The molecule has 5 heteroatoms. The molecule has 0 fully saturated rings. The van der Waals surface area contributed by atoms with Crippen molar-refractivity contribution >= 4 is 12.3 Å². The monoisotopic (exact) mass is 244 g/mol. The summed E-state index contributed by atoms with van der Waals surface area (Å²) in [5.41, 5.74) is 2.36. The number of carbonyl (C=O) groups is 2. The lowest BCUT2D eigenvalue weighted by Gasteiger charge is -1.98. The highest BCUT2D eigenvalue weighted by atomic mass is 16.4. The van der Waals surface area contributed by atoms with Crippen molar-refractivity contribution in [2.24, 2.45) is 0 Å². The average molecular weight is 244 g/mol. The number of carboxylic acids is 1. The van der Waals surface area contributed by atoms with Crippen LogP contribution in [0.3, 0.4) is 0 Å². The number of aliphatic carboxylic acids is 1. The average Bonchev–Trinajstić information content (AvgIpc) is 2.85. The van der Waals surface area contributed by atoms with Gasteiger partial charge in [0.1, 0.15) is 6.29 Å². The molecule has 1 aromatic carbocycles. The van der Waals surface area contributed by atoms with E-state index in [1.807, 2.05) is 6.07 Å². The quantitative estimate of drug-likeness (QED) is 0.814. The van der Waals surface area contributed by atoms with E-state index in [1.54, 1.807) is 35.3 Å². The van der Waals surface area contributed by atoms with Crippen molar-refractivity contribution in [1.29, 1.82) is 0 Å². The van der Waals surface area contributed by atoms with Gasteiger partial charge in [-0.3, -0.25) is 14.3 Å². The molecular formula is C13H12N2O3. The number of carboxylic acid groups (broad SMARTS) is 1. The molecule has 0 aliphatic rings. The molecule has 1 N–H and O–H groups in total. The Bertz CT molecular complexity index is 575. The van der Waals surface area contributed by atoms with Crippen LogP contribution >= 0.6 is 0 Å². The molecule has 0 aliphatic carbocycles. The Balaban J connectivity index is 2.18. The molecule has 1 aromatic heterocycles. The molecule has 5 nitrogen and oxygen atoms in total. The van der Waals surface area contributed by atoms with E-state index >= 15 is 0 Å². The zero-order chi connectivity index (χ0) is 13.0. The van der Waals surface area contributed by atoms with E-state index in [4.69, 9.17) is 5.11 Å². The maximum Gasteiger partial charge on any atom is 0.305 e. The van der Waals surface area contributed by atoms with Crippen LogP contribution in [0.4, 0.5) is 0 Å². The smallest absolute Gasteiger partial charge is 0.305 e. The number of nitrogens with zero attached hydrogens (tertiary/aromatic N) is 2. The zero-order valence-electron chi connectivity index (χ0n) is 9.61. The summed E-state index contributed by atoms with van der Waals surface area (Å²) in [6.07, 6.45) is 4.26. The first-order chi connectivity index (χ1) is 8.69. The van der Waals surface area contributed by atoms with Crippen LogP contribution in [-0.4, -0.2) is 27.1 Å². The molecule has 2 aromatic rings. The van der Waals surface area contributed by atoms with Gasteiger partial charge in [0.05, 0.1) is 19.2 Å². The van der Waals surface area contributed by atoms with Crippen LogP contribution in [0.2, 0.25) is 0 Å². The predicted octanol–water partition coefficient (Wildman–Crippen LogP) is 1.84. The maximum atomic E-state index is 10.7. The fourth-order valence-corrected chi connectivity index (χ4v) is 1.64. The molecule has 0 spiro atoms. The zero-order valence-corrected chi connectivity index (χ0v) is 9.61. The number of aromatic nitrogens is 2. The van der Waals surface area contributed by atoms with Gasteiger partial charge in [-0.1, -0.05) is 18.2 Å². The Morgan fingerprint density at radius 2 is 2.22 bits per heavy atom. The Morgan fingerprint density at radius 3 is 2.94 bits per heavy atom. The van der Waals surface area contributed by atoms with Crippen molar-refractivity contribution in [3.63, 3.8) is 0 Å². The lowest BCUT2D eigenvalue weighted by Crippen LogP contribution is -2.04. The van der Waals surface area contributed by atoms with Gasteiger partial charge in [-0.15, -0.1) is 0 Å². The lowest BCUT2D eigenvalue weighted by atomic mass is 10.1. The number of aryl methyl sites for hydroxylation is 1. The van der Waals surface area contributed by atoms with Crippen molar-refractivity contribution in [3.05, 3.63) is 42.2 Å². The van der Waals surface area contributed by atoms with Gasteiger partial charge in [0.25, 0.3) is 0 Å². The number of carbonyl (C=O) groups excluding carboxylic acids is 1. The van der Waals surface area contributed by atoms with Gasteiger partial charge < -0.3 is 5.11 Å². The normalized spacial score (nSPS) is 10.2. The van der Waals surface area contributed by atoms with Gasteiger partial charge in [-0.2, -0.15) is 5.10 Å². The number of aldehydes is 1. The standard InChI is InChI=1S/C13H12N2O3/c16-9-10-2-1-3-11(6-10)12-7-14-15(8-12)5-4-13(17)18/h1-3,6-9H,4-5H2,(H,17,18). The summed E-state index contributed by atoms with van der Waals surface area (Å²) in [7, 11) is 0.